The molecule has 1 N–H and O–H groups in total. The van der Waals surface area contributed by atoms with Gasteiger partial charge >= 0.3 is 0 Å². The van der Waals surface area contributed by atoms with Crippen LogP contribution in [-0.4, -0.2) is 29.8 Å². The molecule has 1 atom stereocenters. The van der Waals surface area contributed by atoms with Crippen LogP contribution in [0, 0.1) is 17.2 Å². The van der Waals surface area contributed by atoms with Gasteiger partial charge in [-0.2, -0.15) is 0 Å². The molecule has 132 valence electrons. The number of halogens is 1. The zero-order valence-corrected chi connectivity index (χ0v) is 14.9. The van der Waals surface area contributed by atoms with Crippen molar-refractivity contribution in [1.29, 1.82) is 0 Å². The van der Waals surface area contributed by atoms with Crippen molar-refractivity contribution < 1.29 is 14.0 Å². The van der Waals surface area contributed by atoms with Gasteiger partial charge < -0.3 is 10.2 Å². The van der Waals surface area contributed by atoms with Gasteiger partial charge in [-0.3, -0.25) is 9.59 Å². The second kappa shape index (κ2) is 7.32. The molecule has 0 aromatic heterocycles. The van der Waals surface area contributed by atoms with Gasteiger partial charge in [-0.25, -0.2) is 4.39 Å². The fourth-order valence-corrected chi connectivity index (χ4v) is 2.99. The number of hydrogen-bond donors (Lipinski definition) is 1. The predicted octanol–water partition coefficient (Wildman–Crippen LogP) is 3.29. The van der Waals surface area contributed by atoms with Gasteiger partial charge in [0.15, 0.2) is 0 Å². The summed E-state index contributed by atoms with van der Waals surface area (Å²) in [7, 11) is 0. The Morgan fingerprint density at radius 3 is 2.21 bits per heavy atom. The Hall–Kier alpha value is -1.91. The van der Waals surface area contributed by atoms with Crippen LogP contribution < -0.4 is 5.32 Å². The number of nitrogens with one attached hydrogen (secondary N) is 1. The van der Waals surface area contributed by atoms with Crippen LogP contribution in [0.3, 0.4) is 0 Å². The first-order chi connectivity index (χ1) is 11.2. The third kappa shape index (κ3) is 4.56. The molecule has 5 heteroatoms. The highest BCUT2D eigenvalue weighted by Gasteiger charge is 2.32. The molecule has 24 heavy (non-hydrogen) atoms. The molecule has 0 spiro atoms. The van der Waals surface area contributed by atoms with E-state index in [1.165, 1.54) is 12.1 Å². The lowest BCUT2D eigenvalue weighted by molar-refractivity contribution is -0.142. The van der Waals surface area contributed by atoms with Crippen molar-refractivity contribution in [3.63, 3.8) is 0 Å². The summed E-state index contributed by atoms with van der Waals surface area (Å²) >= 11 is 0. The van der Waals surface area contributed by atoms with Gasteiger partial charge in [0, 0.05) is 24.4 Å². The fourth-order valence-electron chi connectivity index (χ4n) is 2.99. The third-order valence-electron chi connectivity index (χ3n) is 4.52. The van der Waals surface area contributed by atoms with Crippen LogP contribution in [0.5, 0.6) is 0 Å². The maximum Gasteiger partial charge on any atom is 0.227 e. The highest BCUT2D eigenvalue weighted by atomic mass is 19.1. The standard InChI is InChI=1S/C19H27FN2O2/c1-13(14-5-7-16(20)8-6-14)21-17(23)15-9-11-22(12-10-15)18(24)19(2,3)4/h5-8,13,15H,9-12H2,1-4H3,(H,21,23). The Kier molecular flexibility index (Phi) is 5.62. The number of piperidine rings is 1. The molecule has 0 radical (unpaired) electrons. The average molecular weight is 334 g/mol. The van der Waals surface area contributed by atoms with Crippen molar-refractivity contribution in [2.45, 2.75) is 46.6 Å². The van der Waals surface area contributed by atoms with Crippen LogP contribution in [-0.2, 0) is 9.59 Å². The second-order valence-electron chi connectivity index (χ2n) is 7.60. The maximum atomic E-state index is 13.0. The Morgan fingerprint density at radius 2 is 1.71 bits per heavy atom. The molecule has 2 amide bonds. The van der Waals surface area contributed by atoms with E-state index in [0.717, 1.165) is 5.56 Å². The number of rotatable bonds is 3. The minimum atomic E-state index is -0.383. The first-order valence-electron chi connectivity index (χ1n) is 8.53. The second-order valence-corrected chi connectivity index (χ2v) is 7.60. The number of hydrogen-bond acceptors (Lipinski definition) is 2. The van der Waals surface area contributed by atoms with Crippen molar-refractivity contribution in [2.75, 3.05) is 13.1 Å². The molecule has 0 bridgehead atoms. The van der Waals surface area contributed by atoms with E-state index in [0.29, 0.717) is 25.9 Å². The monoisotopic (exact) mass is 334 g/mol. The molecule has 1 aromatic rings. The summed E-state index contributed by atoms with van der Waals surface area (Å²) in [5, 5.41) is 2.99. The van der Waals surface area contributed by atoms with Gasteiger partial charge in [0.2, 0.25) is 11.8 Å². The number of carbonyl (C=O) groups is 2. The smallest absolute Gasteiger partial charge is 0.227 e. The quantitative estimate of drug-likeness (QED) is 0.922. The largest absolute Gasteiger partial charge is 0.349 e. The molecule has 1 saturated heterocycles. The van der Waals surface area contributed by atoms with Crippen LogP contribution in [0.25, 0.3) is 0 Å². The van der Waals surface area contributed by atoms with Crippen molar-refractivity contribution >= 4 is 11.8 Å². The average Bonchev–Trinajstić information content (AvgIpc) is 2.54. The lowest BCUT2D eigenvalue weighted by atomic mass is 9.90. The molecule has 0 saturated carbocycles. The number of carbonyl (C=O) groups excluding carboxylic acids is 2. The van der Waals surface area contributed by atoms with E-state index in [1.807, 2.05) is 32.6 Å². The lowest BCUT2D eigenvalue weighted by Crippen LogP contribution is -2.46. The summed E-state index contributed by atoms with van der Waals surface area (Å²) < 4.78 is 13.0. The molecule has 1 aromatic carbocycles. The molecule has 2 rings (SSSR count). The fraction of sp³-hybridized carbons (Fsp3) is 0.579. The minimum Gasteiger partial charge on any atom is -0.349 e. The van der Waals surface area contributed by atoms with Crippen LogP contribution >= 0.6 is 0 Å². The third-order valence-corrected chi connectivity index (χ3v) is 4.52. The molecule has 4 nitrogen and oxygen atoms in total. The Bertz CT molecular complexity index is 584. The van der Waals surface area contributed by atoms with Crippen molar-refractivity contribution in [3.8, 4) is 0 Å². The normalized spacial score (nSPS) is 17.5. The molecular weight excluding hydrogens is 307 g/mol. The Labute approximate surface area is 143 Å². The van der Waals surface area contributed by atoms with E-state index in [-0.39, 0.29) is 35.0 Å². The molecule has 0 aliphatic carbocycles. The highest BCUT2D eigenvalue weighted by molar-refractivity contribution is 5.82. The van der Waals surface area contributed by atoms with E-state index >= 15 is 0 Å². The minimum absolute atomic E-state index is 0.00897. The van der Waals surface area contributed by atoms with Gasteiger partial charge in [-0.1, -0.05) is 32.9 Å². The topological polar surface area (TPSA) is 49.4 Å². The van der Waals surface area contributed by atoms with Gasteiger partial charge in [0.25, 0.3) is 0 Å². The summed E-state index contributed by atoms with van der Waals surface area (Å²) in [6.45, 7) is 8.89. The van der Waals surface area contributed by atoms with E-state index in [9.17, 15) is 14.0 Å². The summed E-state index contributed by atoms with van der Waals surface area (Å²) in [5.74, 6) is -0.208. The predicted molar refractivity (Wildman–Crippen MR) is 91.7 cm³/mol. The number of nitrogens with zero attached hydrogens (tertiary/aromatic N) is 1. The zero-order chi connectivity index (χ0) is 17.9. The van der Waals surface area contributed by atoms with Crippen LogP contribution in [0.4, 0.5) is 4.39 Å². The zero-order valence-electron chi connectivity index (χ0n) is 14.9. The number of amides is 2. The van der Waals surface area contributed by atoms with Crippen molar-refractivity contribution in [1.82, 2.24) is 10.2 Å². The lowest BCUT2D eigenvalue weighted by Gasteiger charge is -2.35. The number of benzene rings is 1. The van der Waals surface area contributed by atoms with Crippen molar-refractivity contribution in [2.24, 2.45) is 11.3 Å². The summed E-state index contributed by atoms with van der Waals surface area (Å²) in [6, 6.07) is 6.01. The molecular formula is C19H27FN2O2. The van der Waals surface area contributed by atoms with Gasteiger partial charge in [-0.15, -0.1) is 0 Å². The first-order valence-corrected chi connectivity index (χ1v) is 8.53. The maximum absolute atomic E-state index is 13.0. The van der Waals surface area contributed by atoms with Gasteiger partial charge in [-0.05, 0) is 37.5 Å². The Balaban J connectivity index is 1.86. The number of likely N-dealkylation sites (tertiary alicyclic amines) is 1. The van der Waals surface area contributed by atoms with Crippen LogP contribution in [0.2, 0.25) is 0 Å². The molecule has 1 aliphatic heterocycles. The molecule has 1 heterocycles. The van der Waals surface area contributed by atoms with Gasteiger partial charge in [0.05, 0.1) is 6.04 Å². The molecule has 1 fully saturated rings. The van der Waals surface area contributed by atoms with Crippen molar-refractivity contribution in [3.05, 3.63) is 35.6 Å². The van der Waals surface area contributed by atoms with Crippen LogP contribution in [0.1, 0.15) is 52.1 Å². The first kappa shape index (κ1) is 18.4. The van der Waals surface area contributed by atoms with Crippen LogP contribution in [0.15, 0.2) is 24.3 Å². The van der Waals surface area contributed by atoms with E-state index < -0.39 is 0 Å². The summed E-state index contributed by atoms with van der Waals surface area (Å²) in [4.78, 5) is 26.6. The Morgan fingerprint density at radius 1 is 1.17 bits per heavy atom. The van der Waals surface area contributed by atoms with Gasteiger partial charge in [0.1, 0.15) is 5.82 Å². The summed E-state index contributed by atoms with van der Waals surface area (Å²) in [6.07, 6.45) is 1.37. The van der Waals surface area contributed by atoms with E-state index in [2.05, 4.69) is 5.32 Å². The molecule has 1 unspecified atom stereocenters. The highest BCUT2D eigenvalue weighted by Crippen LogP contribution is 2.24. The molecule has 1 aliphatic rings. The van der Waals surface area contributed by atoms with E-state index in [4.69, 9.17) is 0 Å². The van der Waals surface area contributed by atoms with E-state index in [1.54, 1.807) is 12.1 Å². The summed E-state index contributed by atoms with van der Waals surface area (Å²) in [5.41, 5.74) is 0.497. The SMILES string of the molecule is CC(NC(=O)C1CCN(C(=O)C(C)(C)C)CC1)c1ccc(F)cc1.